The Hall–Kier alpha value is -1.11. The molecule has 2 rings (SSSR count). The van der Waals surface area contributed by atoms with Crippen molar-refractivity contribution in [1.29, 1.82) is 0 Å². The predicted molar refractivity (Wildman–Crippen MR) is 116 cm³/mol. The fourth-order valence-electron chi connectivity index (χ4n) is 4.91. The number of nitrogens with one attached hydrogen (secondary N) is 1. The van der Waals surface area contributed by atoms with Crippen LogP contribution in [0.15, 0.2) is 12.3 Å². The predicted octanol–water partition coefficient (Wildman–Crippen LogP) is 3.28. The fourth-order valence-corrected chi connectivity index (χ4v) is 4.91. The summed E-state index contributed by atoms with van der Waals surface area (Å²) in [5.74, 6) is -0.286. The molecule has 6 nitrogen and oxygen atoms in total. The van der Waals surface area contributed by atoms with Crippen LogP contribution in [0.3, 0.4) is 0 Å². The summed E-state index contributed by atoms with van der Waals surface area (Å²) in [4.78, 5) is 13.4. The van der Waals surface area contributed by atoms with Crippen LogP contribution in [0, 0.1) is 5.92 Å². The maximum absolute atomic E-state index is 11.0. The smallest absolute Gasteiger partial charge is 0.306 e. The largest absolute Gasteiger partial charge is 0.481 e. The number of hydrogen-bond donors (Lipinski definition) is 4. The number of hydrogen-bond acceptors (Lipinski definition) is 5. The third-order valence-corrected chi connectivity index (χ3v) is 6.75. The second-order valence-electron chi connectivity index (χ2n) is 9.21. The van der Waals surface area contributed by atoms with Crippen molar-refractivity contribution in [2.24, 2.45) is 5.92 Å². The van der Waals surface area contributed by atoms with Crippen LogP contribution in [0.4, 0.5) is 0 Å². The molecule has 0 amide bonds. The van der Waals surface area contributed by atoms with Gasteiger partial charge in [0.2, 0.25) is 0 Å². The minimum Gasteiger partial charge on any atom is -0.481 e. The number of carboxylic acids is 1. The number of nitrogens with zero attached hydrogens (tertiary/aromatic N) is 1. The van der Waals surface area contributed by atoms with E-state index < -0.39 is 11.6 Å². The van der Waals surface area contributed by atoms with Gasteiger partial charge in [-0.25, -0.2) is 0 Å². The number of aliphatic hydroxyl groups excluding tert-OH is 1. The Labute approximate surface area is 176 Å². The van der Waals surface area contributed by atoms with E-state index in [0.717, 1.165) is 38.6 Å². The lowest BCUT2D eigenvalue weighted by Crippen LogP contribution is -2.50. The van der Waals surface area contributed by atoms with Crippen LogP contribution in [0.25, 0.3) is 0 Å². The first kappa shape index (κ1) is 24.2. The van der Waals surface area contributed by atoms with Crippen molar-refractivity contribution in [3.63, 3.8) is 0 Å². The van der Waals surface area contributed by atoms with Crippen molar-refractivity contribution < 1.29 is 20.1 Å². The average Bonchev–Trinajstić information content (AvgIpc) is 2.68. The van der Waals surface area contributed by atoms with E-state index in [1.54, 1.807) is 0 Å². The number of allylic oxidation sites excluding steroid dienone is 1. The van der Waals surface area contributed by atoms with Crippen LogP contribution in [0.5, 0.6) is 0 Å². The van der Waals surface area contributed by atoms with Gasteiger partial charge in [-0.15, -0.1) is 0 Å². The van der Waals surface area contributed by atoms with Crippen molar-refractivity contribution in [3.8, 4) is 0 Å². The lowest BCUT2D eigenvalue weighted by Gasteiger charge is -2.46. The van der Waals surface area contributed by atoms with Gasteiger partial charge in [0.15, 0.2) is 0 Å². The molecule has 0 saturated carbocycles. The molecule has 0 aliphatic carbocycles. The van der Waals surface area contributed by atoms with Crippen LogP contribution < -0.4 is 5.32 Å². The highest BCUT2D eigenvalue weighted by molar-refractivity contribution is 5.68. The van der Waals surface area contributed by atoms with E-state index in [1.807, 2.05) is 6.92 Å². The summed E-state index contributed by atoms with van der Waals surface area (Å²) in [6.07, 6.45) is 14.6. The van der Waals surface area contributed by atoms with Gasteiger partial charge in [0, 0.05) is 12.6 Å². The Morgan fingerprint density at radius 3 is 2.66 bits per heavy atom. The number of aliphatic carboxylic acids is 1. The van der Waals surface area contributed by atoms with Gasteiger partial charge in [0.05, 0.1) is 24.2 Å². The standard InChI is InChI=1S/C23H42N2O4/c1-3-24-17-23(29,16-22(27)28)13-8-6-4-5-7-9-19-12-14-25-18(2)21(26)11-10-20(25)15-19/h12,14,18-21,24,26,29H,3-11,13,15-17H2,1-2H3,(H,27,28)/t18-,19+,20-,21+,23+/m0/s1. The molecule has 1 fully saturated rings. The minimum absolute atomic E-state index is 0.193. The second-order valence-corrected chi connectivity index (χ2v) is 9.21. The molecule has 29 heavy (non-hydrogen) atoms. The highest BCUT2D eigenvalue weighted by Crippen LogP contribution is 2.33. The first-order chi connectivity index (χ1) is 13.8. The van der Waals surface area contributed by atoms with Gasteiger partial charge in [-0.3, -0.25) is 4.79 Å². The van der Waals surface area contributed by atoms with Gasteiger partial charge in [0.25, 0.3) is 0 Å². The summed E-state index contributed by atoms with van der Waals surface area (Å²) in [5, 5.41) is 32.7. The summed E-state index contributed by atoms with van der Waals surface area (Å²) in [6, 6.07) is 0.824. The molecule has 0 unspecified atom stereocenters. The van der Waals surface area contributed by atoms with E-state index in [1.165, 1.54) is 25.7 Å². The van der Waals surface area contributed by atoms with Crippen LogP contribution in [-0.4, -0.2) is 63.1 Å². The zero-order valence-corrected chi connectivity index (χ0v) is 18.4. The molecule has 0 aromatic rings. The maximum Gasteiger partial charge on any atom is 0.306 e. The zero-order chi connectivity index (χ0) is 21.3. The minimum atomic E-state index is -1.13. The van der Waals surface area contributed by atoms with Gasteiger partial charge >= 0.3 is 5.97 Å². The Morgan fingerprint density at radius 2 is 1.93 bits per heavy atom. The first-order valence-electron chi connectivity index (χ1n) is 11.6. The third-order valence-electron chi connectivity index (χ3n) is 6.75. The van der Waals surface area contributed by atoms with Gasteiger partial charge in [-0.05, 0) is 57.7 Å². The molecule has 1 saturated heterocycles. The Bertz CT molecular complexity index is 527. The van der Waals surface area contributed by atoms with Crippen molar-refractivity contribution in [2.75, 3.05) is 13.1 Å². The molecule has 2 aliphatic rings. The Morgan fingerprint density at radius 1 is 1.21 bits per heavy atom. The molecule has 4 N–H and O–H groups in total. The van der Waals surface area contributed by atoms with E-state index >= 15 is 0 Å². The fraction of sp³-hybridized carbons (Fsp3) is 0.870. The highest BCUT2D eigenvalue weighted by Gasteiger charge is 2.34. The average molecular weight is 411 g/mol. The molecular formula is C23H42N2O4. The van der Waals surface area contributed by atoms with Crippen LogP contribution in [0.2, 0.25) is 0 Å². The normalized spacial score (nSPS) is 28.8. The quantitative estimate of drug-likeness (QED) is 0.348. The molecule has 168 valence electrons. The lowest BCUT2D eigenvalue weighted by molar-refractivity contribution is -0.142. The number of carboxylic acid groups (broad SMARTS) is 1. The van der Waals surface area contributed by atoms with Crippen LogP contribution in [0.1, 0.15) is 84.5 Å². The van der Waals surface area contributed by atoms with Crippen LogP contribution >= 0.6 is 0 Å². The SMILES string of the molecule is CCNC[C@@](O)(CCCCCCC[C@@H]1C=CN2[C@@H](CC[C@@H](O)[C@@H]2C)C1)CC(=O)O. The lowest BCUT2D eigenvalue weighted by atomic mass is 9.83. The third kappa shape index (κ3) is 7.91. The van der Waals surface area contributed by atoms with E-state index in [4.69, 9.17) is 5.11 Å². The molecule has 0 aromatic heterocycles. The van der Waals surface area contributed by atoms with Crippen LogP contribution in [-0.2, 0) is 4.79 Å². The number of unbranched alkanes of at least 4 members (excludes halogenated alkanes) is 4. The maximum atomic E-state index is 11.0. The molecule has 2 aliphatic heterocycles. The van der Waals surface area contributed by atoms with Gasteiger partial charge in [0.1, 0.15) is 0 Å². The summed E-state index contributed by atoms with van der Waals surface area (Å²) in [6.45, 7) is 5.16. The number of aliphatic hydroxyl groups is 2. The summed E-state index contributed by atoms with van der Waals surface area (Å²) in [7, 11) is 0. The Kier molecular flexibility index (Phi) is 9.93. The summed E-state index contributed by atoms with van der Waals surface area (Å²) >= 11 is 0. The number of rotatable bonds is 13. The van der Waals surface area contributed by atoms with Gasteiger partial charge < -0.3 is 25.5 Å². The van der Waals surface area contributed by atoms with E-state index in [0.29, 0.717) is 24.9 Å². The van der Waals surface area contributed by atoms with Crippen molar-refractivity contribution >= 4 is 5.97 Å². The number of fused-ring (bicyclic) bond motifs is 1. The molecule has 0 spiro atoms. The number of piperidine rings is 1. The van der Waals surface area contributed by atoms with E-state index in [-0.39, 0.29) is 18.6 Å². The molecule has 5 atom stereocenters. The van der Waals surface area contributed by atoms with Gasteiger partial charge in [-0.2, -0.15) is 0 Å². The van der Waals surface area contributed by atoms with E-state index in [2.05, 4.69) is 29.4 Å². The monoisotopic (exact) mass is 410 g/mol. The van der Waals surface area contributed by atoms with Gasteiger partial charge in [-0.1, -0.05) is 45.1 Å². The molecule has 6 heteroatoms. The molecular weight excluding hydrogens is 368 g/mol. The first-order valence-corrected chi connectivity index (χ1v) is 11.6. The van der Waals surface area contributed by atoms with Crippen molar-refractivity contribution in [1.82, 2.24) is 10.2 Å². The highest BCUT2D eigenvalue weighted by atomic mass is 16.4. The summed E-state index contributed by atoms with van der Waals surface area (Å²) in [5.41, 5.74) is -1.13. The summed E-state index contributed by atoms with van der Waals surface area (Å²) < 4.78 is 0. The molecule has 0 bridgehead atoms. The van der Waals surface area contributed by atoms with E-state index in [9.17, 15) is 15.0 Å². The van der Waals surface area contributed by atoms with Crippen molar-refractivity contribution in [3.05, 3.63) is 12.3 Å². The number of carbonyl (C=O) groups is 1. The Balaban J connectivity index is 1.59. The molecule has 2 heterocycles. The zero-order valence-electron chi connectivity index (χ0n) is 18.4. The molecule has 0 aromatic carbocycles. The topological polar surface area (TPSA) is 93.0 Å². The molecule has 0 radical (unpaired) electrons. The second kappa shape index (κ2) is 11.9. The van der Waals surface area contributed by atoms with Crippen molar-refractivity contribution in [2.45, 2.75) is 108 Å². The number of likely N-dealkylation sites (N-methyl/N-ethyl adjacent to an activating group) is 1.